The SMILES string of the molecule is C.CCCCc1ccc([Si]([N-]C(C)(C)C)(c2ccc(CCCC)cc2)C2CC(N3Cc4ccccc4C3)C3C=CC=CC32)cc1.[CH3-].[Cl][Ti][Cl]. The quantitative estimate of drug-likeness (QED) is 0.141. The molecule has 0 saturated heterocycles. The van der Waals surface area contributed by atoms with Gasteiger partial charge in [0.2, 0.25) is 0 Å². The number of benzene rings is 3. The molecule has 3 aromatic carbocycles. The molecule has 6 heteroatoms. The number of hydrogen-bond acceptors (Lipinski definition) is 1. The van der Waals surface area contributed by atoms with Crippen molar-refractivity contribution >= 4 is 37.2 Å². The molecule has 1 aliphatic heterocycles. The third-order valence-corrected chi connectivity index (χ3v) is 15.6. The number of nitrogens with zero attached hydrogens (tertiary/aromatic N) is 2. The van der Waals surface area contributed by atoms with Crippen LogP contribution in [0.1, 0.15) is 96.4 Å². The molecule has 0 spiro atoms. The van der Waals surface area contributed by atoms with Crippen LogP contribution in [0.3, 0.4) is 0 Å². The van der Waals surface area contributed by atoms with Gasteiger partial charge in [-0.1, -0.05) is 162 Å². The Kier molecular flexibility index (Phi) is 16.6. The molecule has 266 valence electrons. The summed E-state index contributed by atoms with van der Waals surface area (Å²) in [5.74, 6) is 1.01. The van der Waals surface area contributed by atoms with E-state index >= 15 is 0 Å². The van der Waals surface area contributed by atoms with Crippen LogP contribution in [0.4, 0.5) is 0 Å². The van der Waals surface area contributed by atoms with Gasteiger partial charge in [0.05, 0.1) is 0 Å². The van der Waals surface area contributed by atoms with E-state index in [-0.39, 0.29) is 20.4 Å². The standard InChI is InChI=1S/C41H53N2Si.CH4.CH3.2ClH.Ti/c1-6-8-14-31-20-24-35(25-21-31)44(42-41(3,4)5,36-26-22-32(23-27-36)15-9-7-2)40-28-39(37-18-12-13-19-38(37)40)43-29-33-16-10-11-17-34(33)30-43;;;;;/h10-13,16-27,37-40H,6-9,14-15,28-30H2,1-5H3;1H4;1H3;2*1H;/q-1;;-1;;;+2/p-2. The summed E-state index contributed by atoms with van der Waals surface area (Å²) in [5, 5.41) is 2.98. The number of fused-ring (bicyclic) bond motifs is 2. The maximum absolute atomic E-state index is 6.10. The zero-order valence-electron chi connectivity index (χ0n) is 30.1. The summed E-state index contributed by atoms with van der Waals surface area (Å²) in [6, 6.07) is 29.3. The van der Waals surface area contributed by atoms with E-state index in [9.17, 15) is 0 Å². The molecule has 49 heavy (non-hydrogen) atoms. The molecule has 6 rings (SSSR count). The van der Waals surface area contributed by atoms with E-state index in [1.165, 1.54) is 64.7 Å². The summed E-state index contributed by atoms with van der Waals surface area (Å²) in [6.45, 7) is 13.7. The van der Waals surface area contributed by atoms with E-state index in [1.54, 1.807) is 0 Å². The van der Waals surface area contributed by atoms with Crippen LogP contribution >= 0.6 is 18.6 Å². The van der Waals surface area contributed by atoms with Crippen molar-refractivity contribution in [2.75, 3.05) is 0 Å². The summed E-state index contributed by atoms with van der Waals surface area (Å²) >= 11 is -0.556. The van der Waals surface area contributed by atoms with Crippen LogP contribution in [0.25, 0.3) is 4.98 Å². The minimum atomic E-state index is -2.63. The fraction of sp³-hybridized carbons (Fsp3) is 0.465. The average molecular weight is 752 g/mol. The monoisotopic (exact) mass is 750 g/mol. The predicted molar refractivity (Wildman–Crippen MR) is 216 cm³/mol. The van der Waals surface area contributed by atoms with Gasteiger partial charge >= 0.3 is 35.6 Å². The number of unbranched alkanes of at least 4 members (excludes halogenated alkanes) is 2. The van der Waals surface area contributed by atoms with E-state index in [0.717, 1.165) is 25.9 Å². The van der Waals surface area contributed by atoms with Gasteiger partial charge in [-0.2, -0.15) is 0 Å². The van der Waals surface area contributed by atoms with Crippen molar-refractivity contribution in [3.8, 4) is 0 Å². The fourth-order valence-corrected chi connectivity index (χ4v) is 13.9. The van der Waals surface area contributed by atoms with Crippen molar-refractivity contribution in [3.05, 3.63) is 132 Å². The first-order valence-corrected chi connectivity index (χ1v) is 24.1. The van der Waals surface area contributed by atoms with Crippen molar-refractivity contribution in [2.24, 2.45) is 11.8 Å². The number of halogens is 2. The molecule has 2 aliphatic carbocycles. The van der Waals surface area contributed by atoms with Crippen LogP contribution in [-0.2, 0) is 43.0 Å². The van der Waals surface area contributed by atoms with Crippen molar-refractivity contribution in [1.82, 2.24) is 4.90 Å². The summed E-state index contributed by atoms with van der Waals surface area (Å²) in [7, 11) is 7.15. The second-order valence-corrected chi connectivity index (χ2v) is 21.0. The Morgan fingerprint density at radius 2 is 1.20 bits per heavy atom. The fourth-order valence-electron chi connectivity index (χ4n) is 8.39. The molecule has 0 N–H and O–H groups in total. The summed E-state index contributed by atoms with van der Waals surface area (Å²) in [5.41, 5.74) is 6.29. The summed E-state index contributed by atoms with van der Waals surface area (Å²) in [4.78, 5) is 8.90. The van der Waals surface area contributed by atoms with E-state index in [0.29, 0.717) is 23.4 Å². The number of aryl methyl sites for hydroxylation is 2. The van der Waals surface area contributed by atoms with Crippen LogP contribution in [0.2, 0.25) is 5.54 Å². The minimum absolute atomic E-state index is 0. The van der Waals surface area contributed by atoms with Gasteiger partial charge in [-0.25, -0.2) is 0 Å². The molecule has 0 bridgehead atoms. The first-order chi connectivity index (χ1) is 22.7. The van der Waals surface area contributed by atoms with Crippen LogP contribution in [0.5, 0.6) is 0 Å². The second-order valence-electron chi connectivity index (χ2n) is 14.7. The molecule has 1 heterocycles. The van der Waals surface area contributed by atoms with E-state index in [1.807, 2.05) is 0 Å². The molecular formula is C43H60Cl2N2SiTi-2. The second kappa shape index (κ2) is 19.4. The first kappa shape index (κ1) is 42.0. The summed E-state index contributed by atoms with van der Waals surface area (Å²) in [6.07, 6.45) is 18.2. The van der Waals surface area contributed by atoms with Gasteiger partial charge < -0.3 is 12.4 Å². The van der Waals surface area contributed by atoms with E-state index in [2.05, 4.69) is 137 Å². The molecule has 4 unspecified atom stereocenters. The third kappa shape index (κ3) is 9.92. The van der Waals surface area contributed by atoms with Crippen LogP contribution in [0, 0.1) is 19.3 Å². The van der Waals surface area contributed by atoms with Gasteiger partial charge in [0.25, 0.3) is 0 Å². The molecule has 2 nitrogen and oxygen atoms in total. The van der Waals surface area contributed by atoms with Gasteiger partial charge in [0, 0.05) is 27.4 Å². The van der Waals surface area contributed by atoms with Crippen molar-refractivity contribution < 1.29 is 17.0 Å². The van der Waals surface area contributed by atoms with Gasteiger partial charge in [0.15, 0.2) is 0 Å². The van der Waals surface area contributed by atoms with Crippen molar-refractivity contribution in [1.29, 1.82) is 0 Å². The Morgan fingerprint density at radius 3 is 1.63 bits per heavy atom. The zero-order valence-corrected chi connectivity index (χ0v) is 34.1. The molecule has 1 fully saturated rings. The van der Waals surface area contributed by atoms with E-state index < -0.39 is 25.3 Å². The number of rotatable bonds is 11. The normalized spacial score (nSPS) is 21.1. The molecule has 4 atom stereocenters. The Morgan fingerprint density at radius 1 is 0.755 bits per heavy atom. The Bertz CT molecular complexity index is 1400. The van der Waals surface area contributed by atoms with Gasteiger partial charge in [0.1, 0.15) is 0 Å². The maximum atomic E-state index is 6.10. The molecule has 3 aliphatic rings. The molecule has 1 saturated carbocycles. The molecule has 0 aromatic heterocycles. The third-order valence-electron chi connectivity index (χ3n) is 10.4. The van der Waals surface area contributed by atoms with Crippen LogP contribution in [0.15, 0.2) is 97.1 Å². The Labute approximate surface area is 317 Å². The molecule has 3 aromatic rings. The summed E-state index contributed by atoms with van der Waals surface area (Å²) < 4.78 is 0. The topological polar surface area (TPSA) is 17.3 Å². The Balaban J connectivity index is 0.00000126. The Hall–Kier alpha value is -1.43. The van der Waals surface area contributed by atoms with Gasteiger partial charge in [-0.05, 0) is 71.7 Å². The van der Waals surface area contributed by atoms with Gasteiger partial charge in [-0.3, -0.25) is 4.90 Å². The van der Waals surface area contributed by atoms with Crippen LogP contribution < -0.4 is 10.4 Å². The predicted octanol–water partition coefficient (Wildman–Crippen LogP) is 11.6. The average Bonchev–Trinajstić information content (AvgIpc) is 3.68. The van der Waals surface area contributed by atoms with Gasteiger partial charge in [-0.15, -0.1) is 5.54 Å². The molecule has 0 radical (unpaired) electrons. The van der Waals surface area contributed by atoms with Crippen molar-refractivity contribution in [3.63, 3.8) is 0 Å². The molecular weight excluding hydrogens is 691 g/mol. The molecule has 0 amide bonds. The number of hydrogen-bond donors (Lipinski definition) is 0. The zero-order chi connectivity index (χ0) is 33.4. The first-order valence-electron chi connectivity index (χ1n) is 17.8. The number of allylic oxidation sites excluding steroid dienone is 3. The van der Waals surface area contributed by atoms with Crippen molar-refractivity contribution in [2.45, 2.75) is 117 Å². The van der Waals surface area contributed by atoms with Crippen LogP contribution in [-0.4, -0.2) is 24.7 Å². The van der Waals surface area contributed by atoms with E-state index in [4.69, 9.17) is 23.6 Å².